The number of hydrogen-bond donors (Lipinski definition) is 3. The Hall–Kier alpha value is -0.610. The van der Waals surface area contributed by atoms with Crippen LogP contribution in [-0.4, -0.2) is 34.9 Å². The largest absolute Gasteiger partial charge is 0.480 e. The van der Waals surface area contributed by atoms with E-state index in [1.807, 2.05) is 0 Å². The topological polar surface area (TPSA) is 69.6 Å². The number of piperidine rings is 1. The molecular weight excluding hydrogens is 134 g/mol. The second kappa shape index (κ2) is 2.98. The van der Waals surface area contributed by atoms with Gasteiger partial charge in [0.05, 0.1) is 6.10 Å². The molecule has 10 heavy (non-hydrogen) atoms. The average molecular weight is 146 g/mol. The van der Waals surface area contributed by atoms with E-state index in [0.29, 0.717) is 19.4 Å². The third-order valence-electron chi connectivity index (χ3n) is 1.67. The normalized spacial score (nSPS) is 34.7. The first-order valence-electron chi connectivity index (χ1n) is 3.73. The number of aliphatic hydroxyl groups is 1. The lowest BCUT2D eigenvalue weighted by Gasteiger charge is -2.23. The second-order valence-electron chi connectivity index (χ2n) is 2.51. The van der Waals surface area contributed by atoms with Gasteiger partial charge in [-0.2, -0.15) is 0 Å². The number of carboxylic acids is 1. The maximum absolute atomic E-state index is 10.7. The molecule has 0 amide bonds. The lowest BCUT2D eigenvalue weighted by Crippen LogP contribution is -2.45. The Balaban J connectivity index is 2.33. The molecule has 1 fully saturated rings. The van der Waals surface area contributed by atoms with Gasteiger partial charge < -0.3 is 15.5 Å². The minimum absolute atomic E-state index is 0.371. The third-order valence-corrected chi connectivity index (χ3v) is 1.67. The van der Waals surface area contributed by atoms with Crippen molar-refractivity contribution in [1.29, 1.82) is 1.43 Å². The summed E-state index contributed by atoms with van der Waals surface area (Å²) in [5.74, 6) is -0.572. The summed E-state index contributed by atoms with van der Waals surface area (Å²) < 4.78 is 6.34. The van der Waals surface area contributed by atoms with Crippen LogP contribution in [0.25, 0.3) is 1.43 Å². The second-order valence-corrected chi connectivity index (χ2v) is 2.51. The van der Waals surface area contributed by atoms with Crippen LogP contribution in [-0.2, 0) is 4.79 Å². The van der Waals surface area contributed by atoms with Crippen molar-refractivity contribution in [3.05, 3.63) is 0 Å². The van der Waals surface area contributed by atoms with Crippen LogP contribution in [0.4, 0.5) is 0 Å². The van der Waals surface area contributed by atoms with Crippen LogP contribution >= 0.6 is 0 Å². The van der Waals surface area contributed by atoms with E-state index in [9.17, 15) is 4.79 Å². The zero-order valence-corrected chi connectivity index (χ0v) is 5.54. The standard InChI is InChI=1S/C6H11NO3/c8-4-1-2-5(6(9)10)7-3-4/h4-5,7-8H,1-3H2,(H,9,10)/t4-,5-/m0/s1/i/hD. The summed E-state index contributed by atoms with van der Waals surface area (Å²) in [5.41, 5.74) is 0. The number of carboxylic acid groups (broad SMARTS) is 1. The SMILES string of the molecule is [2H]OC(=O)[C@@H]1CC[C@H](O)CN1. The first-order valence-corrected chi connectivity index (χ1v) is 3.32. The van der Waals surface area contributed by atoms with Crippen LogP contribution in [0.3, 0.4) is 0 Å². The maximum Gasteiger partial charge on any atom is 0.320 e. The van der Waals surface area contributed by atoms with E-state index in [2.05, 4.69) is 10.4 Å². The van der Waals surface area contributed by atoms with Crippen molar-refractivity contribution in [3.8, 4) is 0 Å². The molecule has 3 N–H and O–H groups in total. The monoisotopic (exact) mass is 146 g/mol. The maximum atomic E-state index is 10.7. The quantitative estimate of drug-likeness (QED) is 0.452. The molecule has 1 rings (SSSR count). The molecule has 0 aliphatic carbocycles. The highest BCUT2D eigenvalue weighted by atomic mass is 16.4. The predicted molar refractivity (Wildman–Crippen MR) is 34.7 cm³/mol. The van der Waals surface area contributed by atoms with Crippen molar-refractivity contribution >= 4 is 5.97 Å². The first kappa shape index (κ1) is 6.12. The molecule has 4 nitrogen and oxygen atoms in total. The fourth-order valence-corrected chi connectivity index (χ4v) is 1.04. The van der Waals surface area contributed by atoms with Gasteiger partial charge in [-0.15, -0.1) is 0 Å². The molecule has 1 aliphatic rings. The van der Waals surface area contributed by atoms with Gasteiger partial charge in [0.25, 0.3) is 1.43 Å². The molecule has 58 valence electrons. The van der Waals surface area contributed by atoms with E-state index in [1.54, 1.807) is 0 Å². The van der Waals surface area contributed by atoms with Gasteiger partial charge in [0.2, 0.25) is 0 Å². The third kappa shape index (κ3) is 1.68. The number of aliphatic hydroxyl groups excluding tert-OH is 1. The molecule has 2 atom stereocenters. The molecule has 0 aromatic carbocycles. The van der Waals surface area contributed by atoms with Crippen LogP contribution < -0.4 is 5.32 Å². The summed E-state index contributed by atoms with van der Waals surface area (Å²) in [6.45, 7) is 0.403. The zero-order chi connectivity index (χ0) is 8.27. The summed E-state index contributed by atoms with van der Waals surface area (Å²) in [7, 11) is 0. The minimum atomic E-state index is -0.572. The van der Waals surface area contributed by atoms with E-state index >= 15 is 0 Å². The van der Waals surface area contributed by atoms with Gasteiger partial charge in [-0.1, -0.05) is 0 Å². The number of nitrogens with one attached hydrogen (secondary N) is 1. The smallest absolute Gasteiger partial charge is 0.320 e. The van der Waals surface area contributed by atoms with E-state index in [4.69, 9.17) is 6.54 Å². The fourth-order valence-electron chi connectivity index (χ4n) is 1.04. The summed E-state index contributed by atoms with van der Waals surface area (Å²) in [5, 5.41) is 15.6. The lowest BCUT2D eigenvalue weighted by atomic mass is 10.0. The predicted octanol–water partition coefficient (Wildman–Crippen LogP) is -0.816. The van der Waals surface area contributed by atoms with Crippen molar-refractivity contribution in [2.24, 2.45) is 0 Å². The molecule has 0 aromatic heterocycles. The van der Waals surface area contributed by atoms with Crippen molar-refractivity contribution in [3.63, 3.8) is 0 Å². The molecule has 4 heteroatoms. The van der Waals surface area contributed by atoms with Crippen molar-refractivity contribution in [1.82, 2.24) is 5.32 Å². The Morgan fingerprint density at radius 1 is 1.70 bits per heavy atom. The number of aliphatic carboxylic acids is 1. The Kier molecular flexibility index (Phi) is 1.83. The van der Waals surface area contributed by atoms with Crippen molar-refractivity contribution in [2.45, 2.75) is 25.0 Å². The van der Waals surface area contributed by atoms with E-state index < -0.39 is 12.0 Å². The van der Waals surface area contributed by atoms with Gasteiger partial charge in [-0.3, -0.25) is 4.79 Å². The Morgan fingerprint density at radius 3 is 3.00 bits per heavy atom. The summed E-state index contributed by atoms with van der Waals surface area (Å²) in [4.78, 5) is 10.7. The van der Waals surface area contributed by atoms with E-state index in [-0.39, 0.29) is 6.10 Å². The van der Waals surface area contributed by atoms with Gasteiger partial charge in [0.15, 0.2) is 0 Å². The van der Waals surface area contributed by atoms with Crippen LogP contribution in [0, 0.1) is 0 Å². The van der Waals surface area contributed by atoms with Crippen LogP contribution in [0.15, 0.2) is 0 Å². The highest BCUT2D eigenvalue weighted by Gasteiger charge is 2.23. The van der Waals surface area contributed by atoms with Gasteiger partial charge in [-0.25, -0.2) is 0 Å². The Morgan fingerprint density at radius 2 is 2.50 bits per heavy atom. The van der Waals surface area contributed by atoms with Crippen molar-refractivity contribution < 1.29 is 15.0 Å². The number of rotatable bonds is 1. The molecular formula is C6H11NO3. The Labute approximate surface area is 60.3 Å². The first-order chi connectivity index (χ1) is 5.24. The van der Waals surface area contributed by atoms with Crippen LogP contribution in [0.5, 0.6) is 0 Å². The van der Waals surface area contributed by atoms with E-state index in [1.165, 1.54) is 0 Å². The zero-order valence-electron chi connectivity index (χ0n) is 6.54. The van der Waals surface area contributed by atoms with E-state index in [0.717, 1.165) is 0 Å². The molecule has 1 aliphatic heterocycles. The molecule has 1 heterocycles. The lowest BCUT2D eigenvalue weighted by molar-refractivity contribution is -0.140. The average Bonchev–Trinajstić information content (AvgIpc) is 2.05. The summed E-state index contributed by atoms with van der Waals surface area (Å²) in [6, 6.07) is -0.407. The molecule has 1 saturated heterocycles. The van der Waals surface area contributed by atoms with Crippen molar-refractivity contribution in [2.75, 3.05) is 6.54 Å². The summed E-state index contributed by atoms with van der Waals surface area (Å²) in [6.07, 6.45) is 0.760. The number of β-amino-alcohol motifs (C(OH)–C–C–N with tert-alkyl or cyclic N) is 1. The molecule has 0 aromatic rings. The van der Waals surface area contributed by atoms with Gasteiger partial charge in [0, 0.05) is 6.54 Å². The molecule has 0 unspecified atom stereocenters. The number of carbonyl (C=O) groups is 1. The highest BCUT2D eigenvalue weighted by Crippen LogP contribution is 2.07. The molecule has 0 spiro atoms. The van der Waals surface area contributed by atoms with Gasteiger partial charge in [0.1, 0.15) is 6.04 Å². The molecule has 0 saturated carbocycles. The van der Waals surface area contributed by atoms with Gasteiger partial charge >= 0.3 is 5.97 Å². The molecule has 0 radical (unpaired) electrons. The van der Waals surface area contributed by atoms with Crippen LogP contribution in [0.1, 0.15) is 12.8 Å². The fraction of sp³-hybridized carbons (Fsp3) is 0.833. The molecule has 0 bridgehead atoms. The van der Waals surface area contributed by atoms with Crippen LogP contribution in [0.2, 0.25) is 0 Å². The highest BCUT2D eigenvalue weighted by molar-refractivity contribution is 5.73. The number of hydrogen-bond acceptors (Lipinski definition) is 4. The Bertz CT molecular complexity index is 145. The summed E-state index contributed by atoms with van der Waals surface area (Å²) >= 11 is 0. The minimum Gasteiger partial charge on any atom is -0.480 e. The van der Waals surface area contributed by atoms with Gasteiger partial charge in [-0.05, 0) is 12.8 Å².